The lowest BCUT2D eigenvalue weighted by molar-refractivity contribution is 0.0939. The summed E-state index contributed by atoms with van der Waals surface area (Å²) in [6, 6.07) is 16.2. The van der Waals surface area contributed by atoms with Crippen LogP contribution in [-0.4, -0.2) is 14.3 Å². The molecule has 0 radical (unpaired) electrons. The fourth-order valence-electron chi connectivity index (χ4n) is 2.75. The Kier molecular flexibility index (Phi) is 5.93. The predicted molar refractivity (Wildman–Crippen MR) is 106 cm³/mol. The van der Waals surface area contributed by atoms with Crippen molar-refractivity contribution < 1.29 is 22.0 Å². The van der Waals surface area contributed by atoms with Crippen LogP contribution in [0.25, 0.3) is 0 Å². The van der Waals surface area contributed by atoms with Gasteiger partial charge in [0.05, 0.1) is 10.9 Å². The first kappa shape index (κ1) is 20.5. The molecule has 150 valence electrons. The Morgan fingerprint density at radius 1 is 0.931 bits per heavy atom. The second kappa shape index (κ2) is 8.40. The second-order valence-electron chi connectivity index (χ2n) is 6.36. The molecule has 0 aliphatic carbocycles. The largest absolute Gasteiger partial charge is 0.345 e. The summed E-state index contributed by atoms with van der Waals surface area (Å²) in [5.74, 6) is -1.99. The average Bonchev–Trinajstić information content (AvgIpc) is 2.68. The molecule has 0 saturated carbocycles. The van der Waals surface area contributed by atoms with Crippen LogP contribution in [0.3, 0.4) is 0 Å². The third-order valence-electron chi connectivity index (χ3n) is 4.21. The lowest BCUT2D eigenvalue weighted by Crippen LogP contribution is -2.27. The number of benzene rings is 3. The number of amides is 1. The summed E-state index contributed by atoms with van der Waals surface area (Å²) in [5.41, 5.74) is 0.537. The molecule has 0 saturated heterocycles. The minimum atomic E-state index is -3.80. The first-order chi connectivity index (χ1) is 13.8. The van der Waals surface area contributed by atoms with Gasteiger partial charge in [0.25, 0.3) is 15.9 Å². The number of sulfonamides is 1. The van der Waals surface area contributed by atoms with Crippen LogP contribution in [0.4, 0.5) is 14.5 Å². The molecule has 0 aromatic heterocycles. The van der Waals surface area contributed by atoms with E-state index < -0.39 is 33.6 Å². The van der Waals surface area contributed by atoms with E-state index in [9.17, 15) is 22.0 Å². The summed E-state index contributed by atoms with van der Waals surface area (Å²) in [6.45, 7) is 1.57. The van der Waals surface area contributed by atoms with Gasteiger partial charge < -0.3 is 5.32 Å². The number of rotatable bonds is 6. The van der Waals surface area contributed by atoms with Gasteiger partial charge in [0.1, 0.15) is 11.6 Å². The first-order valence-electron chi connectivity index (χ1n) is 8.70. The third-order valence-corrected chi connectivity index (χ3v) is 5.60. The van der Waals surface area contributed by atoms with Gasteiger partial charge in [0, 0.05) is 22.9 Å². The molecule has 0 aliphatic heterocycles. The molecule has 29 heavy (non-hydrogen) atoms. The molecule has 2 N–H and O–H groups in total. The van der Waals surface area contributed by atoms with E-state index in [1.165, 1.54) is 42.5 Å². The number of carbonyl (C=O) groups is 1. The van der Waals surface area contributed by atoms with Crippen molar-refractivity contribution in [3.8, 4) is 0 Å². The summed E-state index contributed by atoms with van der Waals surface area (Å²) >= 11 is 0. The number of carbonyl (C=O) groups excluding carboxylic acids is 1. The molecule has 0 unspecified atom stereocenters. The lowest BCUT2D eigenvalue weighted by atomic mass is 10.1. The highest BCUT2D eigenvalue weighted by atomic mass is 32.2. The van der Waals surface area contributed by atoms with E-state index >= 15 is 0 Å². The molecular weight excluding hydrogens is 398 g/mol. The monoisotopic (exact) mass is 416 g/mol. The molecule has 0 spiro atoms. The Hall–Kier alpha value is -3.26. The topological polar surface area (TPSA) is 75.3 Å². The minimum absolute atomic E-state index is 0.0928. The summed E-state index contributed by atoms with van der Waals surface area (Å²) in [7, 11) is -3.80. The normalized spacial score (nSPS) is 12.2. The highest BCUT2D eigenvalue weighted by molar-refractivity contribution is 7.92. The summed E-state index contributed by atoms with van der Waals surface area (Å²) in [5, 5.41) is 2.62. The molecule has 3 rings (SSSR count). The standard InChI is InChI=1S/C21H18F2N2O3S/c1-14(19-11-10-16(22)13-20(19)23)24-21(26)15-6-5-7-17(12-15)25-29(27,28)18-8-3-2-4-9-18/h2-14,25H,1H3,(H,24,26)/t14-/m0/s1. The number of halogens is 2. The van der Waals surface area contributed by atoms with Crippen molar-refractivity contribution in [1.29, 1.82) is 0 Å². The molecule has 3 aromatic carbocycles. The number of anilines is 1. The number of nitrogens with one attached hydrogen (secondary N) is 2. The zero-order chi connectivity index (χ0) is 21.0. The Bertz CT molecular complexity index is 1140. The Balaban J connectivity index is 1.76. The predicted octanol–water partition coefficient (Wildman–Crippen LogP) is 4.26. The smallest absolute Gasteiger partial charge is 0.261 e. The van der Waals surface area contributed by atoms with Crippen molar-refractivity contribution in [1.82, 2.24) is 5.32 Å². The average molecular weight is 416 g/mol. The summed E-state index contributed by atoms with van der Waals surface area (Å²) in [4.78, 5) is 12.6. The van der Waals surface area contributed by atoms with Gasteiger partial charge >= 0.3 is 0 Å². The molecule has 3 aromatic rings. The zero-order valence-electron chi connectivity index (χ0n) is 15.4. The minimum Gasteiger partial charge on any atom is -0.345 e. The van der Waals surface area contributed by atoms with Crippen molar-refractivity contribution in [3.05, 3.63) is 95.6 Å². The lowest BCUT2D eigenvalue weighted by Gasteiger charge is -2.16. The highest BCUT2D eigenvalue weighted by Crippen LogP contribution is 2.20. The highest BCUT2D eigenvalue weighted by Gasteiger charge is 2.17. The van der Waals surface area contributed by atoms with Crippen LogP contribution in [0.2, 0.25) is 0 Å². The van der Waals surface area contributed by atoms with E-state index in [4.69, 9.17) is 0 Å². The van der Waals surface area contributed by atoms with Crippen LogP contribution in [-0.2, 0) is 10.0 Å². The maximum absolute atomic E-state index is 13.9. The van der Waals surface area contributed by atoms with Crippen LogP contribution in [0.5, 0.6) is 0 Å². The molecule has 5 nitrogen and oxygen atoms in total. The van der Waals surface area contributed by atoms with Crippen LogP contribution >= 0.6 is 0 Å². The molecule has 8 heteroatoms. The summed E-state index contributed by atoms with van der Waals surface area (Å²) < 4.78 is 54.2. The van der Waals surface area contributed by atoms with E-state index in [0.29, 0.717) is 0 Å². The van der Waals surface area contributed by atoms with Crippen LogP contribution in [0.15, 0.2) is 77.7 Å². The molecular formula is C21H18F2N2O3S. The first-order valence-corrected chi connectivity index (χ1v) is 10.2. The van der Waals surface area contributed by atoms with Crippen molar-refractivity contribution in [2.45, 2.75) is 17.9 Å². The fraction of sp³-hybridized carbons (Fsp3) is 0.0952. The Morgan fingerprint density at radius 2 is 1.66 bits per heavy atom. The van der Waals surface area contributed by atoms with Crippen molar-refractivity contribution in [2.75, 3.05) is 4.72 Å². The van der Waals surface area contributed by atoms with Crippen LogP contribution in [0.1, 0.15) is 28.9 Å². The van der Waals surface area contributed by atoms with E-state index in [0.717, 1.165) is 12.1 Å². The molecule has 0 aliphatic rings. The second-order valence-corrected chi connectivity index (χ2v) is 8.04. The van der Waals surface area contributed by atoms with E-state index in [1.807, 2.05) is 0 Å². The van der Waals surface area contributed by atoms with Gasteiger partial charge in [-0.15, -0.1) is 0 Å². The molecule has 1 amide bonds. The quantitative estimate of drug-likeness (QED) is 0.631. The molecule has 0 bridgehead atoms. The maximum atomic E-state index is 13.9. The van der Waals surface area contributed by atoms with E-state index in [1.54, 1.807) is 25.1 Å². The van der Waals surface area contributed by atoms with Gasteiger partial charge in [-0.3, -0.25) is 9.52 Å². The van der Waals surface area contributed by atoms with Gasteiger partial charge in [-0.1, -0.05) is 30.3 Å². The Morgan fingerprint density at radius 3 is 2.34 bits per heavy atom. The van der Waals surface area contributed by atoms with E-state index in [2.05, 4.69) is 10.0 Å². The van der Waals surface area contributed by atoms with Gasteiger partial charge in [-0.25, -0.2) is 17.2 Å². The van der Waals surface area contributed by atoms with Crippen LogP contribution in [0, 0.1) is 11.6 Å². The molecule has 0 fully saturated rings. The van der Waals surface area contributed by atoms with Crippen LogP contribution < -0.4 is 10.0 Å². The summed E-state index contributed by atoms with van der Waals surface area (Å²) in [6.07, 6.45) is 0. The SMILES string of the molecule is C[C@H](NC(=O)c1cccc(NS(=O)(=O)c2ccccc2)c1)c1ccc(F)cc1F. The van der Waals surface area contributed by atoms with E-state index in [-0.39, 0.29) is 21.7 Å². The molecule has 0 heterocycles. The van der Waals surface area contributed by atoms with Gasteiger partial charge in [0.2, 0.25) is 0 Å². The van der Waals surface area contributed by atoms with Gasteiger partial charge in [-0.05, 0) is 43.3 Å². The Labute approximate surface area is 167 Å². The van der Waals surface area contributed by atoms with Crippen molar-refractivity contribution in [2.24, 2.45) is 0 Å². The number of hydrogen-bond donors (Lipinski definition) is 2. The maximum Gasteiger partial charge on any atom is 0.261 e. The fourth-order valence-corrected chi connectivity index (χ4v) is 3.82. The zero-order valence-corrected chi connectivity index (χ0v) is 16.2. The molecule has 1 atom stereocenters. The van der Waals surface area contributed by atoms with Gasteiger partial charge in [-0.2, -0.15) is 0 Å². The third kappa shape index (κ3) is 4.97. The van der Waals surface area contributed by atoms with Crippen molar-refractivity contribution in [3.63, 3.8) is 0 Å². The van der Waals surface area contributed by atoms with Gasteiger partial charge in [0.15, 0.2) is 0 Å². The van der Waals surface area contributed by atoms with Crippen molar-refractivity contribution >= 4 is 21.6 Å². The number of hydrogen-bond acceptors (Lipinski definition) is 3.